The minimum Gasteiger partial charge on any atom is -0.480 e. The van der Waals surface area contributed by atoms with Crippen LogP contribution in [0.15, 0.2) is 54.7 Å². The summed E-state index contributed by atoms with van der Waals surface area (Å²) >= 11 is 0. The Bertz CT molecular complexity index is 1260. The zero-order valence-electron chi connectivity index (χ0n) is 19.7. The number of nitrogens with two attached hydrogens (primary N) is 1. The van der Waals surface area contributed by atoms with Gasteiger partial charge in [0.05, 0.1) is 6.10 Å². The molecular formula is C26H29N5O5. The van der Waals surface area contributed by atoms with Gasteiger partial charge in [0.15, 0.2) is 0 Å². The van der Waals surface area contributed by atoms with Crippen LogP contribution in [0.1, 0.15) is 34.3 Å². The van der Waals surface area contributed by atoms with E-state index in [0.717, 1.165) is 16.5 Å². The van der Waals surface area contributed by atoms with Gasteiger partial charge in [0.1, 0.15) is 18.5 Å². The van der Waals surface area contributed by atoms with Crippen molar-refractivity contribution in [2.75, 3.05) is 19.7 Å². The number of amides is 2. The third-order valence-electron chi connectivity index (χ3n) is 6.36. The normalized spacial score (nSPS) is 14.9. The predicted octanol–water partition coefficient (Wildman–Crippen LogP) is 1.89. The summed E-state index contributed by atoms with van der Waals surface area (Å²) in [5.41, 5.74) is 8.22. The van der Waals surface area contributed by atoms with Crippen molar-refractivity contribution in [3.05, 3.63) is 71.4 Å². The number of nitrogens with one attached hydrogen (secondary N) is 3. The van der Waals surface area contributed by atoms with Gasteiger partial charge in [-0.05, 0) is 36.6 Å². The average molecular weight is 492 g/mol. The van der Waals surface area contributed by atoms with Gasteiger partial charge in [-0.1, -0.05) is 30.3 Å². The first-order valence-electron chi connectivity index (χ1n) is 11.7. The van der Waals surface area contributed by atoms with Crippen molar-refractivity contribution < 1.29 is 24.2 Å². The van der Waals surface area contributed by atoms with E-state index >= 15 is 0 Å². The number of likely N-dealkylation sites (tertiary alicyclic amines) is 1. The number of nitrogen functional groups attached to an aromatic ring is 1. The monoisotopic (exact) mass is 491 g/mol. The number of fused-ring (bicyclic) bond motifs is 1. The Hall–Kier alpha value is -4.18. The Labute approximate surface area is 207 Å². The summed E-state index contributed by atoms with van der Waals surface area (Å²) in [6.07, 6.45) is 2.99. The van der Waals surface area contributed by atoms with Crippen LogP contribution in [0.5, 0.6) is 0 Å². The molecule has 0 radical (unpaired) electrons. The summed E-state index contributed by atoms with van der Waals surface area (Å²) in [5, 5.41) is 20.2. The van der Waals surface area contributed by atoms with Gasteiger partial charge in [-0.2, -0.15) is 0 Å². The van der Waals surface area contributed by atoms with Crippen LogP contribution in [0, 0.1) is 5.41 Å². The van der Waals surface area contributed by atoms with E-state index in [1.54, 1.807) is 29.2 Å². The highest BCUT2D eigenvalue weighted by molar-refractivity contribution is 6.00. The molecule has 36 heavy (non-hydrogen) atoms. The second-order valence-electron chi connectivity index (χ2n) is 8.81. The summed E-state index contributed by atoms with van der Waals surface area (Å²) in [6.45, 7) is 0.466. The summed E-state index contributed by atoms with van der Waals surface area (Å²) in [7, 11) is 0. The third-order valence-corrected chi connectivity index (χ3v) is 6.36. The second kappa shape index (κ2) is 11.0. The molecule has 10 nitrogen and oxygen atoms in total. The molecule has 188 valence electrons. The summed E-state index contributed by atoms with van der Waals surface area (Å²) in [6, 6.07) is 13.3. The molecule has 2 heterocycles. The van der Waals surface area contributed by atoms with Crippen molar-refractivity contribution in [2.45, 2.75) is 31.4 Å². The molecule has 6 N–H and O–H groups in total. The first-order valence-corrected chi connectivity index (χ1v) is 11.7. The van der Waals surface area contributed by atoms with Crippen LogP contribution in [0.3, 0.4) is 0 Å². The number of nitrogens with zero attached hydrogens (tertiary/aromatic N) is 1. The number of hydrogen-bond donors (Lipinski definition) is 5. The van der Waals surface area contributed by atoms with Gasteiger partial charge in [0, 0.05) is 47.7 Å². The number of piperidine rings is 1. The number of H-pyrrole nitrogens is 1. The number of carboxylic acids is 1. The number of ether oxygens (including phenoxy) is 1. The Morgan fingerprint density at radius 3 is 2.44 bits per heavy atom. The minimum absolute atomic E-state index is 0.0925. The molecule has 0 aliphatic carbocycles. The van der Waals surface area contributed by atoms with Gasteiger partial charge < -0.3 is 30.8 Å². The van der Waals surface area contributed by atoms with Gasteiger partial charge in [-0.3, -0.25) is 15.0 Å². The molecule has 1 aromatic heterocycles. The van der Waals surface area contributed by atoms with Gasteiger partial charge in [0.2, 0.25) is 5.91 Å². The summed E-state index contributed by atoms with van der Waals surface area (Å²) in [4.78, 5) is 42.3. The van der Waals surface area contributed by atoms with Crippen LogP contribution < -0.4 is 11.1 Å². The van der Waals surface area contributed by atoms with Crippen molar-refractivity contribution >= 4 is 34.5 Å². The lowest BCUT2D eigenvalue weighted by atomic mass is 10.0. The third kappa shape index (κ3) is 5.89. The van der Waals surface area contributed by atoms with E-state index in [2.05, 4.69) is 10.3 Å². The summed E-state index contributed by atoms with van der Waals surface area (Å²) < 4.78 is 5.38. The van der Waals surface area contributed by atoms with Crippen LogP contribution in [0.4, 0.5) is 0 Å². The average Bonchev–Trinajstić information content (AvgIpc) is 3.29. The molecule has 0 saturated carbocycles. The van der Waals surface area contributed by atoms with Gasteiger partial charge in [-0.25, -0.2) is 4.79 Å². The number of hydrogen-bond acceptors (Lipinski definition) is 5. The van der Waals surface area contributed by atoms with Gasteiger partial charge in [-0.15, -0.1) is 0 Å². The van der Waals surface area contributed by atoms with E-state index in [1.165, 1.54) is 0 Å². The Morgan fingerprint density at radius 1 is 1.11 bits per heavy atom. The van der Waals surface area contributed by atoms with Crippen LogP contribution in [0.2, 0.25) is 0 Å². The van der Waals surface area contributed by atoms with Crippen LogP contribution in [-0.4, -0.2) is 70.5 Å². The van der Waals surface area contributed by atoms with Crippen LogP contribution in [-0.2, 0) is 20.7 Å². The van der Waals surface area contributed by atoms with E-state index in [-0.39, 0.29) is 24.5 Å². The molecule has 1 fully saturated rings. The molecule has 0 bridgehead atoms. The standard InChI is InChI=1S/C26H29N5O5/c27-24(28)16-5-7-17(8-6-16)25(34)30-22(13-18-14-29-21-4-2-1-3-20(18)21)26(35)31-11-9-19(10-12-31)36-15-23(32)33/h1-8,14,19,22,29H,9-13,15H2,(H3,27,28)(H,30,34)(H,32,33)/t22-/m0/s1. The number of aromatic amines is 1. The zero-order chi connectivity index (χ0) is 25.7. The molecule has 1 saturated heterocycles. The first kappa shape index (κ1) is 24.9. The molecule has 4 rings (SSSR count). The number of aromatic nitrogens is 1. The highest BCUT2D eigenvalue weighted by atomic mass is 16.5. The molecule has 0 unspecified atom stereocenters. The zero-order valence-corrected chi connectivity index (χ0v) is 19.7. The number of carboxylic acid groups (broad SMARTS) is 1. The highest BCUT2D eigenvalue weighted by Crippen LogP contribution is 2.21. The van der Waals surface area contributed by atoms with E-state index in [9.17, 15) is 14.4 Å². The fourth-order valence-electron chi connectivity index (χ4n) is 4.42. The van der Waals surface area contributed by atoms with Crippen molar-refractivity contribution in [1.29, 1.82) is 5.41 Å². The topological polar surface area (TPSA) is 162 Å². The smallest absolute Gasteiger partial charge is 0.329 e. The van der Waals surface area contributed by atoms with Crippen molar-refractivity contribution in [2.24, 2.45) is 5.73 Å². The quantitative estimate of drug-likeness (QED) is 0.227. The fraction of sp³-hybridized carbons (Fsp3) is 0.308. The molecule has 2 aromatic carbocycles. The number of aliphatic carboxylic acids is 1. The largest absolute Gasteiger partial charge is 0.480 e. The number of amidine groups is 1. The maximum atomic E-state index is 13.6. The molecule has 1 atom stereocenters. The predicted molar refractivity (Wildman–Crippen MR) is 134 cm³/mol. The number of para-hydroxylation sites is 1. The molecule has 2 amide bonds. The van der Waals surface area contributed by atoms with Crippen molar-refractivity contribution in [3.8, 4) is 0 Å². The number of carbonyl (C=O) groups excluding carboxylic acids is 2. The highest BCUT2D eigenvalue weighted by Gasteiger charge is 2.31. The molecule has 3 aromatic rings. The van der Waals surface area contributed by atoms with Gasteiger partial charge >= 0.3 is 5.97 Å². The second-order valence-corrected chi connectivity index (χ2v) is 8.81. The van der Waals surface area contributed by atoms with Crippen molar-refractivity contribution in [3.63, 3.8) is 0 Å². The molecule has 10 heteroatoms. The number of rotatable bonds is 9. The molecule has 1 aliphatic heterocycles. The molecule has 1 aliphatic rings. The van der Waals surface area contributed by atoms with E-state index in [0.29, 0.717) is 43.5 Å². The first-order chi connectivity index (χ1) is 17.3. The van der Waals surface area contributed by atoms with E-state index in [4.69, 9.17) is 21.0 Å². The Kier molecular flexibility index (Phi) is 7.65. The lowest BCUT2D eigenvalue weighted by Gasteiger charge is -2.34. The maximum absolute atomic E-state index is 13.6. The van der Waals surface area contributed by atoms with E-state index < -0.39 is 17.9 Å². The molecular weight excluding hydrogens is 462 g/mol. The van der Waals surface area contributed by atoms with Crippen molar-refractivity contribution in [1.82, 2.24) is 15.2 Å². The molecule has 0 spiro atoms. The lowest BCUT2D eigenvalue weighted by Crippen LogP contribution is -2.52. The summed E-state index contributed by atoms with van der Waals surface area (Å²) in [5.74, 6) is -1.72. The Balaban J connectivity index is 1.50. The Morgan fingerprint density at radius 2 is 1.78 bits per heavy atom. The lowest BCUT2D eigenvalue weighted by molar-refractivity contribution is -0.147. The maximum Gasteiger partial charge on any atom is 0.329 e. The van der Waals surface area contributed by atoms with E-state index in [1.807, 2.05) is 30.5 Å². The fourth-order valence-corrected chi connectivity index (χ4v) is 4.42. The minimum atomic E-state index is -1.02. The van der Waals surface area contributed by atoms with Gasteiger partial charge in [0.25, 0.3) is 5.91 Å². The van der Waals surface area contributed by atoms with Crippen LogP contribution in [0.25, 0.3) is 10.9 Å². The SMILES string of the molecule is N=C(N)c1ccc(C(=O)N[C@@H](Cc2c[nH]c3ccccc23)C(=O)N2CCC(OCC(=O)O)CC2)cc1. The number of carbonyl (C=O) groups is 3. The number of benzene rings is 2. The van der Waals surface area contributed by atoms with Crippen LogP contribution >= 0.6 is 0 Å².